The fourth-order valence-corrected chi connectivity index (χ4v) is 2.80. The molecule has 3 aromatic rings. The number of benzene rings is 2. The van der Waals surface area contributed by atoms with Gasteiger partial charge < -0.3 is 9.84 Å². The molecule has 0 radical (unpaired) electrons. The highest BCUT2D eigenvalue weighted by molar-refractivity contribution is 5.85. The van der Waals surface area contributed by atoms with E-state index in [1.807, 2.05) is 13.0 Å². The van der Waals surface area contributed by atoms with Crippen LogP contribution in [0.25, 0.3) is 22.4 Å². The van der Waals surface area contributed by atoms with E-state index in [0.717, 1.165) is 16.7 Å². The molecule has 0 saturated carbocycles. The van der Waals surface area contributed by atoms with Crippen LogP contribution in [0, 0.1) is 10.1 Å². The third-order valence-electron chi connectivity index (χ3n) is 4.07. The first kappa shape index (κ1) is 16.5. The summed E-state index contributed by atoms with van der Waals surface area (Å²) in [7, 11) is 1.55. The van der Waals surface area contributed by atoms with E-state index >= 15 is 0 Å². The monoisotopic (exact) mass is 339 g/mol. The van der Waals surface area contributed by atoms with Gasteiger partial charge in [0.2, 0.25) is 0 Å². The number of phenols is 1. The predicted molar refractivity (Wildman–Crippen MR) is 93.7 cm³/mol. The Hall–Kier alpha value is -3.35. The fraction of sp³-hybridized carbons (Fsp3) is 0.167. The number of nitro benzene ring substituents is 1. The largest absolute Gasteiger partial charge is 0.507 e. The minimum atomic E-state index is -0.440. The molecule has 25 heavy (non-hydrogen) atoms. The molecule has 0 bridgehead atoms. The molecular weight excluding hydrogens is 322 g/mol. The SMILES string of the molecule is CCc1cc(OC)cc(O)c1-c1[nH]ncc1-c1ccc([N+](=O)[O-])cc1. The summed E-state index contributed by atoms with van der Waals surface area (Å²) < 4.78 is 5.21. The molecule has 1 aromatic heterocycles. The molecule has 0 unspecified atom stereocenters. The van der Waals surface area contributed by atoms with Crippen molar-refractivity contribution in [3.05, 3.63) is 58.3 Å². The molecule has 0 aliphatic carbocycles. The number of nitrogens with one attached hydrogen (secondary N) is 1. The second-order valence-corrected chi connectivity index (χ2v) is 5.50. The lowest BCUT2D eigenvalue weighted by atomic mass is 9.95. The molecule has 2 N–H and O–H groups in total. The lowest BCUT2D eigenvalue weighted by molar-refractivity contribution is -0.384. The number of hydrogen-bond acceptors (Lipinski definition) is 5. The fourth-order valence-electron chi connectivity index (χ4n) is 2.80. The van der Waals surface area contributed by atoms with Gasteiger partial charge in [0.05, 0.1) is 23.9 Å². The quantitative estimate of drug-likeness (QED) is 0.542. The maximum atomic E-state index is 10.8. The number of nitrogens with zero attached hydrogens (tertiary/aromatic N) is 2. The Bertz CT molecular complexity index is 917. The van der Waals surface area contributed by atoms with Crippen molar-refractivity contribution in [3.63, 3.8) is 0 Å². The van der Waals surface area contributed by atoms with Gasteiger partial charge in [0.1, 0.15) is 11.5 Å². The van der Waals surface area contributed by atoms with Gasteiger partial charge in [-0.2, -0.15) is 5.10 Å². The smallest absolute Gasteiger partial charge is 0.269 e. The topological polar surface area (TPSA) is 101 Å². The van der Waals surface area contributed by atoms with Gasteiger partial charge in [0.15, 0.2) is 0 Å². The standard InChI is InChI=1S/C18H17N3O4/c1-3-11-8-14(25-2)9-16(22)17(11)18-15(10-19-20-18)12-4-6-13(7-5-12)21(23)24/h4-10,22H,3H2,1-2H3,(H,19,20). The molecule has 3 rings (SSSR count). The van der Waals surface area contributed by atoms with Crippen LogP contribution < -0.4 is 4.74 Å². The molecule has 0 aliphatic heterocycles. The number of nitro groups is 1. The summed E-state index contributed by atoms with van der Waals surface area (Å²) >= 11 is 0. The van der Waals surface area contributed by atoms with Gasteiger partial charge in [-0.25, -0.2) is 0 Å². The average Bonchev–Trinajstić information content (AvgIpc) is 3.10. The number of phenolic OH excluding ortho intramolecular Hbond substituents is 1. The Morgan fingerprint density at radius 1 is 1.28 bits per heavy atom. The molecule has 0 saturated heterocycles. The van der Waals surface area contributed by atoms with Gasteiger partial charge >= 0.3 is 0 Å². The summed E-state index contributed by atoms with van der Waals surface area (Å²) in [5.74, 6) is 0.665. The highest BCUT2D eigenvalue weighted by Crippen LogP contribution is 2.40. The van der Waals surface area contributed by atoms with Gasteiger partial charge in [0, 0.05) is 29.3 Å². The van der Waals surface area contributed by atoms with E-state index in [0.29, 0.717) is 23.4 Å². The molecule has 7 nitrogen and oxygen atoms in total. The second-order valence-electron chi connectivity index (χ2n) is 5.50. The summed E-state index contributed by atoms with van der Waals surface area (Å²) in [5.41, 5.74) is 3.76. The van der Waals surface area contributed by atoms with Crippen molar-refractivity contribution in [2.75, 3.05) is 7.11 Å². The Morgan fingerprint density at radius 2 is 2.00 bits per heavy atom. The zero-order valence-corrected chi connectivity index (χ0v) is 13.8. The van der Waals surface area contributed by atoms with Crippen LogP contribution in [0.1, 0.15) is 12.5 Å². The molecular formula is C18H17N3O4. The first-order valence-corrected chi connectivity index (χ1v) is 7.73. The van der Waals surface area contributed by atoms with E-state index < -0.39 is 4.92 Å². The van der Waals surface area contributed by atoms with Crippen LogP contribution in [-0.2, 0) is 6.42 Å². The number of aromatic amines is 1. The summed E-state index contributed by atoms with van der Waals surface area (Å²) in [6.07, 6.45) is 2.33. The van der Waals surface area contributed by atoms with E-state index in [1.54, 1.807) is 31.5 Å². The highest BCUT2D eigenvalue weighted by Gasteiger charge is 2.18. The molecule has 0 fully saturated rings. The van der Waals surface area contributed by atoms with Crippen molar-refractivity contribution in [2.45, 2.75) is 13.3 Å². The number of H-pyrrole nitrogens is 1. The number of rotatable bonds is 5. The lowest BCUT2D eigenvalue weighted by Gasteiger charge is -2.13. The number of hydrogen-bond donors (Lipinski definition) is 2. The zero-order chi connectivity index (χ0) is 18.0. The number of non-ortho nitro benzene ring substituents is 1. The minimum Gasteiger partial charge on any atom is -0.507 e. The zero-order valence-electron chi connectivity index (χ0n) is 13.8. The molecule has 0 atom stereocenters. The number of methoxy groups -OCH3 is 1. The minimum absolute atomic E-state index is 0.0235. The van der Waals surface area contributed by atoms with E-state index in [9.17, 15) is 15.2 Å². The number of aromatic hydroxyl groups is 1. The molecule has 128 valence electrons. The number of aryl methyl sites for hydroxylation is 1. The van der Waals surface area contributed by atoms with Crippen LogP contribution in [-0.4, -0.2) is 27.3 Å². The summed E-state index contributed by atoms with van der Waals surface area (Å²) in [5, 5.41) is 28.3. The van der Waals surface area contributed by atoms with Gasteiger partial charge in [-0.1, -0.05) is 6.92 Å². The van der Waals surface area contributed by atoms with E-state index in [4.69, 9.17) is 4.74 Å². The van der Waals surface area contributed by atoms with E-state index in [2.05, 4.69) is 10.2 Å². The van der Waals surface area contributed by atoms with Crippen LogP contribution in [0.4, 0.5) is 5.69 Å². The maximum Gasteiger partial charge on any atom is 0.269 e. The van der Waals surface area contributed by atoms with Crippen LogP contribution in [0.2, 0.25) is 0 Å². The Morgan fingerprint density at radius 3 is 2.60 bits per heavy atom. The second kappa shape index (κ2) is 6.64. The van der Waals surface area contributed by atoms with Crippen LogP contribution in [0.15, 0.2) is 42.6 Å². The van der Waals surface area contributed by atoms with Crippen molar-refractivity contribution >= 4 is 5.69 Å². The third-order valence-corrected chi connectivity index (χ3v) is 4.07. The molecule has 2 aromatic carbocycles. The van der Waals surface area contributed by atoms with Crippen molar-refractivity contribution in [3.8, 4) is 33.9 Å². The lowest BCUT2D eigenvalue weighted by Crippen LogP contribution is -1.94. The van der Waals surface area contributed by atoms with Gasteiger partial charge in [0.25, 0.3) is 5.69 Å². The number of ether oxygens (including phenoxy) is 1. The summed E-state index contributed by atoms with van der Waals surface area (Å²) in [4.78, 5) is 10.4. The van der Waals surface area contributed by atoms with Crippen LogP contribution >= 0.6 is 0 Å². The van der Waals surface area contributed by atoms with Crippen molar-refractivity contribution in [1.82, 2.24) is 10.2 Å². The normalized spacial score (nSPS) is 10.6. The average molecular weight is 339 g/mol. The van der Waals surface area contributed by atoms with Crippen LogP contribution in [0.3, 0.4) is 0 Å². The van der Waals surface area contributed by atoms with Crippen molar-refractivity contribution < 1.29 is 14.8 Å². The van der Waals surface area contributed by atoms with Gasteiger partial charge in [-0.15, -0.1) is 0 Å². The van der Waals surface area contributed by atoms with Gasteiger partial charge in [-0.3, -0.25) is 15.2 Å². The Kier molecular flexibility index (Phi) is 4.38. The molecule has 1 heterocycles. The molecule has 0 aliphatic rings. The maximum absolute atomic E-state index is 10.8. The predicted octanol–water partition coefficient (Wildman–Crippen LogP) is 3.93. The van der Waals surface area contributed by atoms with Crippen LogP contribution in [0.5, 0.6) is 11.5 Å². The molecule has 0 amide bonds. The first-order chi connectivity index (χ1) is 12.0. The molecule has 7 heteroatoms. The van der Waals surface area contributed by atoms with E-state index in [-0.39, 0.29) is 11.4 Å². The van der Waals surface area contributed by atoms with Crippen molar-refractivity contribution in [2.24, 2.45) is 0 Å². The van der Waals surface area contributed by atoms with E-state index in [1.165, 1.54) is 12.1 Å². The Labute approximate surface area is 144 Å². The number of aromatic nitrogens is 2. The molecule has 0 spiro atoms. The summed E-state index contributed by atoms with van der Waals surface area (Å²) in [6.45, 7) is 1.99. The summed E-state index contributed by atoms with van der Waals surface area (Å²) in [6, 6.07) is 9.64. The third kappa shape index (κ3) is 3.03. The van der Waals surface area contributed by atoms with Crippen molar-refractivity contribution in [1.29, 1.82) is 0 Å². The first-order valence-electron chi connectivity index (χ1n) is 7.73. The van der Waals surface area contributed by atoms with Gasteiger partial charge in [-0.05, 0) is 35.7 Å². The highest BCUT2D eigenvalue weighted by atomic mass is 16.6. The Balaban J connectivity index is 2.12.